The first-order chi connectivity index (χ1) is 18.6. The third-order valence-corrected chi connectivity index (χ3v) is 7.61. The number of nitrogens with zero attached hydrogens (tertiary/aromatic N) is 1. The number of hydrogen-bond donors (Lipinski definition) is 2. The molecule has 3 aromatic carbocycles. The molecule has 2 atom stereocenters. The number of aliphatic hydroxyl groups excluding tert-OH is 1. The Balaban J connectivity index is 1.70. The number of benzene rings is 3. The number of carbonyl (C=O) groups excluding carboxylic acids is 2. The largest absolute Gasteiger partial charge is 0.396 e. The summed E-state index contributed by atoms with van der Waals surface area (Å²) in [6.45, 7) is 8.67. The highest BCUT2D eigenvalue weighted by atomic mass is 19.1. The lowest BCUT2D eigenvalue weighted by Crippen LogP contribution is -2.46. The Bertz CT molecular complexity index is 1290. The van der Waals surface area contributed by atoms with Gasteiger partial charge in [0, 0.05) is 18.8 Å². The van der Waals surface area contributed by atoms with Crippen LogP contribution in [0.25, 0.3) is 0 Å². The maximum Gasteiger partial charge on any atom is 0.257 e. The molecule has 4 rings (SSSR count). The van der Waals surface area contributed by atoms with Gasteiger partial charge < -0.3 is 15.3 Å². The summed E-state index contributed by atoms with van der Waals surface area (Å²) >= 11 is 0. The molecule has 0 bridgehead atoms. The van der Waals surface area contributed by atoms with Crippen LogP contribution >= 0.6 is 0 Å². The lowest BCUT2D eigenvalue weighted by atomic mass is 9.82. The van der Waals surface area contributed by atoms with E-state index in [1.807, 2.05) is 42.5 Å². The first kappa shape index (κ1) is 28.5. The second kappa shape index (κ2) is 12.1. The number of aliphatic hydroxyl groups is 1. The second-order valence-corrected chi connectivity index (χ2v) is 11.5. The number of anilines is 1. The minimum Gasteiger partial charge on any atom is -0.396 e. The van der Waals surface area contributed by atoms with E-state index in [2.05, 4.69) is 32.2 Å². The van der Waals surface area contributed by atoms with E-state index in [0.29, 0.717) is 31.4 Å². The maximum absolute atomic E-state index is 14.9. The Morgan fingerprint density at radius 1 is 1.05 bits per heavy atom. The Hall–Kier alpha value is -3.51. The minimum atomic E-state index is -0.552. The Labute approximate surface area is 231 Å². The number of hydrogen-bond acceptors (Lipinski definition) is 3. The van der Waals surface area contributed by atoms with Gasteiger partial charge in [-0.3, -0.25) is 9.59 Å². The van der Waals surface area contributed by atoms with Gasteiger partial charge in [0.25, 0.3) is 5.91 Å². The van der Waals surface area contributed by atoms with Crippen molar-refractivity contribution >= 4 is 17.5 Å². The average Bonchev–Trinajstić information content (AvgIpc) is 2.91. The number of carbonyl (C=O) groups is 2. The van der Waals surface area contributed by atoms with Gasteiger partial charge >= 0.3 is 0 Å². The van der Waals surface area contributed by atoms with Crippen LogP contribution in [-0.2, 0) is 16.6 Å². The van der Waals surface area contributed by atoms with Crippen LogP contribution in [0.3, 0.4) is 0 Å². The topological polar surface area (TPSA) is 69.6 Å². The lowest BCUT2D eigenvalue weighted by Gasteiger charge is -2.41. The third-order valence-electron chi connectivity index (χ3n) is 7.61. The summed E-state index contributed by atoms with van der Waals surface area (Å²) < 4.78 is 14.9. The fourth-order valence-corrected chi connectivity index (χ4v) is 5.42. The van der Waals surface area contributed by atoms with Crippen molar-refractivity contribution in [3.05, 3.63) is 100 Å². The van der Waals surface area contributed by atoms with Gasteiger partial charge in [0.2, 0.25) is 5.91 Å². The fourth-order valence-electron chi connectivity index (χ4n) is 5.42. The molecule has 0 spiro atoms. The summed E-state index contributed by atoms with van der Waals surface area (Å²) in [4.78, 5) is 29.3. The van der Waals surface area contributed by atoms with Crippen molar-refractivity contribution < 1.29 is 19.1 Å². The average molecular weight is 531 g/mol. The first-order valence-corrected chi connectivity index (χ1v) is 13.8. The van der Waals surface area contributed by atoms with Gasteiger partial charge in [0.1, 0.15) is 5.82 Å². The molecule has 0 aliphatic carbocycles. The highest BCUT2D eigenvalue weighted by molar-refractivity contribution is 5.98. The highest BCUT2D eigenvalue weighted by Crippen LogP contribution is 2.39. The van der Waals surface area contributed by atoms with Crippen molar-refractivity contribution in [1.29, 1.82) is 0 Å². The summed E-state index contributed by atoms with van der Waals surface area (Å²) in [5.41, 5.74) is 4.32. The molecular formula is C33H39FN2O3. The lowest BCUT2D eigenvalue weighted by molar-refractivity contribution is -0.123. The number of likely N-dealkylation sites (tertiary alicyclic amines) is 1. The smallest absolute Gasteiger partial charge is 0.257 e. The van der Waals surface area contributed by atoms with E-state index in [4.69, 9.17) is 0 Å². The monoisotopic (exact) mass is 530 g/mol. The molecule has 2 N–H and O–H groups in total. The molecule has 0 saturated carbocycles. The Morgan fingerprint density at radius 2 is 1.77 bits per heavy atom. The molecule has 6 heteroatoms. The van der Waals surface area contributed by atoms with Crippen LogP contribution in [0.4, 0.5) is 10.1 Å². The van der Waals surface area contributed by atoms with Crippen LogP contribution < -0.4 is 5.32 Å². The molecule has 5 nitrogen and oxygen atoms in total. The summed E-state index contributed by atoms with van der Waals surface area (Å²) in [7, 11) is 0. The molecule has 39 heavy (non-hydrogen) atoms. The fraction of sp³-hybridized carbons (Fsp3) is 0.394. The molecule has 1 fully saturated rings. The van der Waals surface area contributed by atoms with E-state index in [-0.39, 0.29) is 23.5 Å². The number of halogens is 1. The number of rotatable bonds is 7. The van der Waals surface area contributed by atoms with Crippen LogP contribution in [0.2, 0.25) is 0 Å². The van der Waals surface area contributed by atoms with Crippen molar-refractivity contribution in [2.45, 2.75) is 64.8 Å². The normalized spacial score (nSPS) is 17.6. The highest BCUT2D eigenvalue weighted by Gasteiger charge is 2.40. The van der Waals surface area contributed by atoms with Crippen LogP contribution in [-0.4, -0.2) is 35.0 Å². The molecule has 1 aliphatic rings. The summed E-state index contributed by atoms with van der Waals surface area (Å²) in [6.07, 6.45) is 2.66. The molecule has 1 unspecified atom stereocenters. The molecule has 0 radical (unpaired) electrons. The van der Waals surface area contributed by atoms with Crippen LogP contribution in [0, 0.1) is 18.7 Å². The van der Waals surface area contributed by atoms with Gasteiger partial charge in [-0.25, -0.2) is 4.39 Å². The maximum atomic E-state index is 14.9. The quantitative estimate of drug-likeness (QED) is 0.362. The minimum absolute atomic E-state index is 0.0565. The van der Waals surface area contributed by atoms with E-state index >= 15 is 0 Å². The standard InChI is InChI=1S/C33H39FN2O3/c1-22-9-5-14-28(34)29(22)32(39)36-19-7-13-27(30(36)24-17-15-23(16-18-24)10-8-20-37)31(38)35-26-12-6-11-25(21-26)33(2,3)4/h5-6,9,11-12,14-18,21,27,30,37H,7-8,10,13,19-20H2,1-4H3,(H,35,38)/t27-,30?/m0/s1. The number of aryl methyl sites for hydroxylation is 2. The second-order valence-electron chi connectivity index (χ2n) is 11.5. The number of amides is 2. The summed E-state index contributed by atoms with van der Waals surface area (Å²) in [5.74, 6) is -1.61. The molecule has 206 valence electrons. The van der Waals surface area contributed by atoms with Gasteiger partial charge in [-0.15, -0.1) is 0 Å². The molecule has 1 aliphatic heterocycles. The number of piperidine rings is 1. The van der Waals surface area contributed by atoms with Crippen molar-refractivity contribution in [2.75, 3.05) is 18.5 Å². The molecule has 1 saturated heterocycles. The Kier molecular flexibility index (Phi) is 8.86. The first-order valence-electron chi connectivity index (χ1n) is 13.8. The predicted molar refractivity (Wildman–Crippen MR) is 153 cm³/mol. The zero-order valence-corrected chi connectivity index (χ0v) is 23.3. The Morgan fingerprint density at radius 3 is 2.44 bits per heavy atom. The molecule has 0 aromatic heterocycles. The van der Waals surface area contributed by atoms with Crippen LogP contribution in [0.5, 0.6) is 0 Å². The predicted octanol–water partition coefficient (Wildman–Crippen LogP) is 6.59. The van der Waals surface area contributed by atoms with Crippen molar-refractivity contribution in [1.82, 2.24) is 4.90 Å². The van der Waals surface area contributed by atoms with Gasteiger partial charge in [-0.1, -0.05) is 69.3 Å². The molecular weight excluding hydrogens is 491 g/mol. The SMILES string of the molecule is Cc1cccc(F)c1C(=O)N1CCC[C@H](C(=O)Nc2cccc(C(C)(C)C)c2)C1c1ccc(CCCO)cc1. The zero-order valence-electron chi connectivity index (χ0n) is 23.3. The van der Waals surface area contributed by atoms with E-state index < -0.39 is 23.7 Å². The van der Waals surface area contributed by atoms with E-state index in [1.165, 1.54) is 6.07 Å². The van der Waals surface area contributed by atoms with E-state index in [9.17, 15) is 19.1 Å². The third kappa shape index (κ3) is 6.56. The van der Waals surface area contributed by atoms with Gasteiger partial charge in [-0.2, -0.15) is 0 Å². The van der Waals surface area contributed by atoms with E-state index in [0.717, 1.165) is 28.8 Å². The molecule has 1 heterocycles. The van der Waals surface area contributed by atoms with Crippen molar-refractivity contribution in [3.63, 3.8) is 0 Å². The van der Waals surface area contributed by atoms with Gasteiger partial charge in [0.15, 0.2) is 0 Å². The van der Waals surface area contributed by atoms with Crippen molar-refractivity contribution in [3.8, 4) is 0 Å². The molecule has 2 amide bonds. The van der Waals surface area contributed by atoms with Gasteiger partial charge in [0.05, 0.1) is 17.5 Å². The summed E-state index contributed by atoms with van der Waals surface area (Å²) in [5, 5.41) is 12.3. The summed E-state index contributed by atoms with van der Waals surface area (Å²) in [6, 6.07) is 19.9. The van der Waals surface area contributed by atoms with Crippen molar-refractivity contribution in [2.24, 2.45) is 5.92 Å². The van der Waals surface area contributed by atoms with Gasteiger partial charge in [-0.05, 0) is 78.5 Å². The van der Waals surface area contributed by atoms with Crippen LogP contribution in [0.1, 0.15) is 78.7 Å². The van der Waals surface area contributed by atoms with Crippen LogP contribution in [0.15, 0.2) is 66.7 Å². The molecule has 3 aromatic rings. The zero-order chi connectivity index (χ0) is 28.2. The van der Waals surface area contributed by atoms with E-state index in [1.54, 1.807) is 24.0 Å². The number of nitrogens with one attached hydrogen (secondary N) is 1.